The highest BCUT2D eigenvalue weighted by Gasteiger charge is 2.32. The number of carbonyl (C=O) groups is 1. The van der Waals surface area contributed by atoms with Crippen molar-refractivity contribution in [3.05, 3.63) is 35.2 Å². The average Bonchev–Trinajstić information content (AvgIpc) is 3.12. The summed E-state index contributed by atoms with van der Waals surface area (Å²) >= 11 is 0. The third-order valence-corrected chi connectivity index (χ3v) is 4.19. The number of hydrogen-bond acceptors (Lipinski definition) is 4. The Balaban J connectivity index is 1.85. The molecule has 1 saturated heterocycles. The van der Waals surface area contributed by atoms with Crippen molar-refractivity contribution in [3.63, 3.8) is 0 Å². The van der Waals surface area contributed by atoms with E-state index in [1.54, 1.807) is 10.9 Å². The molecule has 7 heteroatoms. The molecule has 1 aliphatic rings. The number of aromatic nitrogens is 4. The predicted octanol–water partition coefficient (Wildman–Crippen LogP) is 1.86. The number of morpholine rings is 1. The van der Waals surface area contributed by atoms with Crippen molar-refractivity contribution in [2.24, 2.45) is 13.0 Å². The Kier molecular flexibility index (Phi) is 4.71. The molecule has 0 spiro atoms. The van der Waals surface area contributed by atoms with Crippen molar-refractivity contribution >= 4 is 5.91 Å². The molecule has 2 aromatic rings. The van der Waals surface area contributed by atoms with Crippen LogP contribution in [0.5, 0.6) is 0 Å². The fraction of sp³-hybridized carbons (Fsp3) is 0.588. The second kappa shape index (κ2) is 6.76. The van der Waals surface area contributed by atoms with E-state index in [0.717, 1.165) is 23.6 Å². The first-order valence-corrected chi connectivity index (χ1v) is 8.39. The highest BCUT2D eigenvalue weighted by Crippen LogP contribution is 2.24. The maximum atomic E-state index is 13.1. The van der Waals surface area contributed by atoms with E-state index >= 15 is 0 Å². The Labute approximate surface area is 142 Å². The Morgan fingerprint density at radius 2 is 2.29 bits per heavy atom. The summed E-state index contributed by atoms with van der Waals surface area (Å²) in [4.78, 5) is 22.5. The van der Waals surface area contributed by atoms with Crippen LogP contribution in [0.4, 0.5) is 0 Å². The molecule has 7 nitrogen and oxygen atoms in total. The van der Waals surface area contributed by atoms with Crippen molar-refractivity contribution in [2.45, 2.75) is 33.2 Å². The lowest BCUT2D eigenvalue weighted by molar-refractivity contribution is -0.00556. The molecule has 1 fully saturated rings. The summed E-state index contributed by atoms with van der Waals surface area (Å²) in [7, 11) is 1.82. The van der Waals surface area contributed by atoms with Crippen molar-refractivity contribution in [1.29, 1.82) is 0 Å². The van der Waals surface area contributed by atoms with Crippen LogP contribution >= 0.6 is 0 Å². The molecule has 3 rings (SSSR count). The van der Waals surface area contributed by atoms with E-state index in [-0.39, 0.29) is 11.9 Å². The van der Waals surface area contributed by atoms with Gasteiger partial charge in [0.2, 0.25) is 0 Å². The first-order valence-electron chi connectivity index (χ1n) is 8.39. The number of amides is 1. The molecule has 1 aliphatic heterocycles. The van der Waals surface area contributed by atoms with E-state index in [1.807, 2.05) is 24.9 Å². The van der Waals surface area contributed by atoms with Gasteiger partial charge in [0.15, 0.2) is 0 Å². The third-order valence-electron chi connectivity index (χ3n) is 4.19. The van der Waals surface area contributed by atoms with Crippen LogP contribution in [-0.4, -0.2) is 50.3 Å². The van der Waals surface area contributed by atoms with Gasteiger partial charge in [0.05, 0.1) is 18.9 Å². The highest BCUT2D eigenvalue weighted by atomic mass is 16.5. The molecule has 0 saturated carbocycles. The van der Waals surface area contributed by atoms with Crippen LogP contribution < -0.4 is 0 Å². The summed E-state index contributed by atoms with van der Waals surface area (Å²) in [5.74, 6) is 1.25. The third kappa shape index (κ3) is 3.36. The second-order valence-electron chi connectivity index (χ2n) is 6.78. The number of carbonyl (C=O) groups excluding carboxylic acids is 1. The van der Waals surface area contributed by atoms with Gasteiger partial charge in [-0.15, -0.1) is 0 Å². The maximum absolute atomic E-state index is 13.1. The highest BCUT2D eigenvalue weighted by molar-refractivity contribution is 5.93. The number of hydrogen-bond donors (Lipinski definition) is 1. The number of aryl methyl sites for hydroxylation is 2. The Morgan fingerprint density at radius 1 is 1.50 bits per heavy atom. The summed E-state index contributed by atoms with van der Waals surface area (Å²) < 4.78 is 7.25. The van der Waals surface area contributed by atoms with Crippen molar-refractivity contribution in [3.8, 4) is 0 Å². The molecule has 3 heterocycles. The summed E-state index contributed by atoms with van der Waals surface area (Å²) in [6.45, 7) is 7.79. The lowest BCUT2D eigenvalue weighted by atomic mass is 10.1. The zero-order chi connectivity index (χ0) is 17.3. The number of aromatic amines is 1. The molecule has 1 unspecified atom stereocenters. The molecule has 130 valence electrons. The zero-order valence-electron chi connectivity index (χ0n) is 14.7. The van der Waals surface area contributed by atoms with Gasteiger partial charge < -0.3 is 14.6 Å². The van der Waals surface area contributed by atoms with E-state index in [9.17, 15) is 4.79 Å². The number of H-pyrrole nitrogens is 1. The van der Waals surface area contributed by atoms with Gasteiger partial charge in [0.25, 0.3) is 5.91 Å². The predicted molar refractivity (Wildman–Crippen MR) is 89.7 cm³/mol. The molecule has 0 bridgehead atoms. The zero-order valence-corrected chi connectivity index (χ0v) is 14.7. The van der Waals surface area contributed by atoms with Crippen molar-refractivity contribution < 1.29 is 9.53 Å². The molecule has 0 aromatic carbocycles. The quantitative estimate of drug-likeness (QED) is 0.928. The molecule has 2 aromatic heterocycles. The Bertz CT molecular complexity index is 718. The smallest absolute Gasteiger partial charge is 0.272 e. The Hall–Kier alpha value is -2.15. The van der Waals surface area contributed by atoms with Gasteiger partial charge in [0, 0.05) is 25.5 Å². The Morgan fingerprint density at radius 3 is 2.96 bits per heavy atom. The molecular formula is C17H25N5O2. The molecule has 0 radical (unpaired) electrons. The standard InChI is InChI=1S/C17H25N5O2/c1-11(2)7-13-8-14(21(4)20-13)17(23)22-5-6-24-10-15(22)16-18-9-12(3)19-16/h8-9,11,15H,5-7,10H2,1-4H3,(H,18,19). The van der Waals surface area contributed by atoms with Gasteiger partial charge in [-0.1, -0.05) is 13.8 Å². The van der Waals surface area contributed by atoms with E-state index in [2.05, 4.69) is 28.9 Å². The van der Waals surface area contributed by atoms with E-state index in [0.29, 0.717) is 31.4 Å². The van der Waals surface area contributed by atoms with Crippen molar-refractivity contribution in [2.75, 3.05) is 19.8 Å². The fourth-order valence-corrected chi connectivity index (χ4v) is 3.07. The van der Waals surface area contributed by atoms with Gasteiger partial charge in [-0.2, -0.15) is 5.10 Å². The number of imidazole rings is 1. The van der Waals surface area contributed by atoms with E-state index < -0.39 is 0 Å². The minimum atomic E-state index is -0.191. The number of nitrogens with one attached hydrogen (secondary N) is 1. The minimum absolute atomic E-state index is 0.0256. The van der Waals surface area contributed by atoms with Crippen LogP contribution in [0, 0.1) is 12.8 Å². The molecule has 24 heavy (non-hydrogen) atoms. The normalized spacial score (nSPS) is 18.4. The van der Waals surface area contributed by atoms with E-state index in [1.165, 1.54) is 0 Å². The van der Waals surface area contributed by atoms with Gasteiger partial charge in [-0.25, -0.2) is 4.98 Å². The van der Waals surface area contributed by atoms with Crippen LogP contribution in [-0.2, 0) is 18.2 Å². The second-order valence-corrected chi connectivity index (χ2v) is 6.78. The number of ether oxygens (including phenoxy) is 1. The van der Waals surface area contributed by atoms with Gasteiger partial charge in [0.1, 0.15) is 17.6 Å². The SMILES string of the molecule is Cc1cnc(C2COCCN2C(=O)c2cc(CC(C)C)nn2C)[nH]1. The van der Waals surface area contributed by atoms with Gasteiger partial charge in [-0.05, 0) is 25.3 Å². The fourth-order valence-electron chi connectivity index (χ4n) is 3.07. The summed E-state index contributed by atoms with van der Waals surface area (Å²) in [5.41, 5.74) is 2.54. The van der Waals surface area contributed by atoms with Crippen LogP contribution in [0.1, 0.15) is 47.6 Å². The van der Waals surface area contributed by atoms with E-state index in [4.69, 9.17) is 4.74 Å². The van der Waals surface area contributed by atoms with Crippen LogP contribution in [0.25, 0.3) is 0 Å². The van der Waals surface area contributed by atoms with Crippen LogP contribution in [0.15, 0.2) is 12.3 Å². The largest absolute Gasteiger partial charge is 0.377 e. The number of nitrogens with zero attached hydrogens (tertiary/aromatic N) is 4. The molecule has 0 aliphatic carbocycles. The minimum Gasteiger partial charge on any atom is -0.377 e. The first-order chi connectivity index (χ1) is 11.5. The summed E-state index contributed by atoms with van der Waals surface area (Å²) in [5, 5.41) is 4.48. The lowest BCUT2D eigenvalue weighted by Crippen LogP contribution is -2.44. The van der Waals surface area contributed by atoms with Crippen LogP contribution in [0.2, 0.25) is 0 Å². The maximum Gasteiger partial charge on any atom is 0.272 e. The topological polar surface area (TPSA) is 76.0 Å². The number of rotatable bonds is 4. The summed E-state index contributed by atoms with van der Waals surface area (Å²) in [6, 6.07) is 1.71. The monoisotopic (exact) mass is 331 g/mol. The van der Waals surface area contributed by atoms with Gasteiger partial charge >= 0.3 is 0 Å². The van der Waals surface area contributed by atoms with Crippen LogP contribution in [0.3, 0.4) is 0 Å². The molecule has 1 N–H and O–H groups in total. The summed E-state index contributed by atoms with van der Waals surface area (Å²) in [6.07, 6.45) is 2.64. The first kappa shape index (κ1) is 16.7. The molecule has 1 atom stereocenters. The average molecular weight is 331 g/mol. The van der Waals surface area contributed by atoms with Crippen molar-refractivity contribution in [1.82, 2.24) is 24.6 Å². The molecular weight excluding hydrogens is 306 g/mol. The van der Waals surface area contributed by atoms with Gasteiger partial charge in [-0.3, -0.25) is 9.48 Å². The lowest BCUT2D eigenvalue weighted by Gasteiger charge is -2.34. The molecule has 1 amide bonds.